The Morgan fingerprint density at radius 3 is 2.23 bits per heavy atom. The van der Waals surface area contributed by atoms with Gasteiger partial charge >= 0.3 is 6.09 Å². The Labute approximate surface area is 152 Å². The normalized spacial score (nSPS) is 14.8. The first-order valence-corrected chi connectivity index (χ1v) is 8.46. The number of carbonyl (C=O) groups excluding carboxylic acids is 3. The summed E-state index contributed by atoms with van der Waals surface area (Å²) in [5, 5.41) is 2.42. The van der Waals surface area contributed by atoms with Crippen LogP contribution in [0.25, 0.3) is 0 Å². The van der Waals surface area contributed by atoms with Crippen LogP contribution in [-0.4, -0.2) is 66.0 Å². The Bertz CT molecular complexity index is 679. The molecule has 0 spiro atoms. The van der Waals surface area contributed by atoms with Gasteiger partial charge in [0.25, 0.3) is 5.91 Å². The number of piperazine rings is 1. The minimum absolute atomic E-state index is 0.0267. The molecule has 0 unspecified atom stereocenters. The van der Waals surface area contributed by atoms with Gasteiger partial charge in [0.1, 0.15) is 18.0 Å². The van der Waals surface area contributed by atoms with Crippen LogP contribution in [0.2, 0.25) is 0 Å². The quantitative estimate of drug-likeness (QED) is 0.883. The second-order valence-corrected chi connectivity index (χ2v) is 7.01. The molecule has 0 aliphatic carbocycles. The third-order valence-electron chi connectivity index (χ3n) is 3.81. The highest BCUT2D eigenvalue weighted by Gasteiger charge is 2.26. The minimum atomic E-state index is -0.654. The average molecular weight is 365 g/mol. The van der Waals surface area contributed by atoms with Crippen LogP contribution in [0.3, 0.4) is 0 Å². The van der Waals surface area contributed by atoms with Gasteiger partial charge in [0, 0.05) is 26.2 Å². The van der Waals surface area contributed by atoms with Crippen molar-refractivity contribution < 1.29 is 23.5 Å². The summed E-state index contributed by atoms with van der Waals surface area (Å²) in [6.45, 7) is 6.32. The van der Waals surface area contributed by atoms with Crippen molar-refractivity contribution in [2.75, 3.05) is 32.7 Å². The number of nitrogens with one attached hydrogen (secondary N) is 1. The lowest BCUT2D eigenvalue weighted by molar-refractivity contribution is -0.131. The van der Waals surface area contributed by atoms with Crippen LogP contribution < -0.4 is 5.32 Å². The van der Waals surface area contributed by atoms with Crippen molar-refractivity contribution in [3.05, 3.63) is 35.6 Å². The van der Waals surface area contributed by atoms with E-state index in [-0.39, 0.29) is 23.9 Å². The maximum Gasteiger partial charge on any atom is 0.408 e. The summed E-state index contributed by atoms with van der Waals surface area (Å²) in [6.07, 6.45) is -0.654. The fourth-order valence-electron chi connectivity index (χ4n) is 2.54. The lowest BCUT2D eigenvalue weighted by Gasteiger charge is -2.35. The van der Waals surface area contributed by atoms with Crippen molar-refractivity contribution in [2.45, 2.75) is 26.4 Å². The molecule has 142 valence electrons. The molecule has 3 amide bonds. The van der Waals surface area contributed by atoms with Gasteiger partial charge in [0.2, 0.25) is 5.91 Å². The van der Waals surface area contributed by atoms with E-state index >= 15 is 0 Å². The van der Waals surface area contributed by atoms with E-state index in [4.69, 9.17) is 4.74 Å². The zero-order valence-electron chi connectivity index (χ0n) is 15.3. The summed E-state index contributed by atoms with van der Waals surface area (Å²) in [4.78, 5) is 39.2. The summed E-state index contributed by atoms with van der Waals surface area (Å²) in [7, 11) is 0. The molecule has 2 rings (SSSR count). The number of alkyl carbamates (subject to hydrolysis) is 1. The van der Waals surface area contributed by atoms with E-state index in [9.17, 15) is 18.8 Å². The van der Waals surface area contributed by atoms with Crippen LogP contribution >= 0.6 is 0 Å². The molecule has 0 aromatic heterocycles. The Hall–Kier alpha value is -2.64. The third kappa shape index (κ3) is 5.44. The van der Waals surface area contributed by atoms with Gasteiger partial charge in [-0.3, -0.25) is 9.59 Å². The number of hydrogen-bond donors (Lipinski definition) is 1. The first kappa shape index (κ1) is 19.7. The topological polar surface area (TPSA) is 79.0 Å². The van der Waals surface area contributed by atoms with Gasteiger partial charge in [0.15, 0.2) is 0 Å². The fraction of sp³-hybridized carbons (Fsp3) is 0.500. The molecule has 1 aromatic rings. The maximum absolute atomic E-state index is 13.7. The van der Waals surface area contributed by atoms with E-state index in [2.05, 4.69) is 5.32 Å². The zero-order chi connectivity index (χ0) is 19.3. The second kappa shape index (κ2) is 8.16. The van der Waals surface area contributed by atoms with Crippen LogP contribution in [0, 0.1) is 5.82 Å². The first-order chi connectivity index (χ1) is 12.2. The van der Waals surface area contributed by atoms with E-state index in [1.54, 1.807) is 31.7 Å². The predicted molar refractivity (Wildman–Crippen MR) is 93.1 cm³/mol. The molecule has 26 heavy (non-hydrogen) atoms. The smallest absolute Gasteiger partial charge is 0.408 e. The Morgan fingerprint density at radius 1 is 1.08 bits per heavy atom. The predicted octanol–water partition coefficient (Wildman–Crippen LogP) is 1.63. The Morgan fingerprint density at radius 2 is 1.65 bits per heavy atom. The van der Waals surface area contributed by atoms with Crippen molar-refractivity contribution in [3.63, 3.8) is 0 Å². The minimum Gasteiger partial charge on any atom is -0.444 e. The van der Waals surface area contributed by atoms with Crippen LogP contribution in [0.1, 0.15) is 31.1 Å². The van der Waals surface area contributed by atoms with Gasteiger partial charge < -0.3 is 19.9 Å². The molecule has 0 atom stereocenters. The molecular formula is C18H24FN3O4. The van der Waals surface area contributed by atoms with E-state index < -0.39 is 17.5 Å². The van der Waals surface area contributed by atoms with E-state index in [1.165, 1.54) is 23.1 Å². The number of carbonyl (C=O) groups is 3. The number of nitrogens with zero attached hydrogens (tertiary/aromatic N) is 2. The Balaban J connectivity index is 1.81. The van der Waals surface area contributed by atoms with E-state index in [1.807, 2.05) is 0 Å². The summed E-state index contributed by atoms with van der Waals surface area (Å²) in [6, 6.07) is 5.83. The first-order valence-electron chi connectivity index (χ1n) is 8.46. The third-order valence-corrected chi connectivity index (χ3v) is 3.81. The van der Waals surface area contributed by atoms with Crippen LogP contribution in [0.15, 0.2) is 24.3 Å². The van der Waals surface area contributed by atoms with Crippen LogP contribution in [0.4, 0.5) is 9.18 Å². The standard InChI is InChI=1S/C18H24FN3O4/c1-18(2,3)26-17(25)20-12-15(23)21-8-10-22(11-9-21)16(24)13-6-4-5-7-14(13)19/h4-7H,8-12H2,1-3H3,(H,20,25). The highest BCUT2D eigenvalue weighted by molar-refractivity contribution is 5.94. The van der Waals surface area contributed by atoms with Crippen molar-refractivity contribution >= 4 is 17.9 Å². The van der Waals surface area contributed by atoms with Crippen LogP contribution in [0.5, 0.6) is 0 Å². The second-order valence-electron chi connectivity index (χ2n) is 7.01. The fourth-order valence-corrected chi connectivity index (χ4v) is 2.54. The highest BCUT2D eigenvalue weighted by atomic mass is 19.1. The van der Waals surface area contributed by atoms with Gasteiger partial charge in [0.05, 0.1) is 5.56 Å². The van der Waals surface area contributed by atoms with Gasteiger partial charge in [-0.05, 0) is 32.9 Å². The largest absolute Gasteiger partial charge is 0.444 e. The van der Waals surface area contributed by atoms with Crippen molar-refractivity contribution in [1.82, 2.24) is 15.1 Å². The molecule has 0 radical (unpaired) electrons. The molecule has 1 saturated heterocycles. The maximum atomic E-state index is 13.7. The molecule has 1 N–H and O–H groups in total. The molecule has 1 aliphatic heterocycles. The molecule has 7 nitrogen and oxygen atoms in total. The molecular weight excluding hydrogens is 341 g/mol. The summed E-state index contributed by atoms with van der Waals surface area (Å²) < 4.78 is 18.8. The monoisotopic (exact) mass is 365 g/mol. The molecule has 0 saturated carbocycles. The lowest BCUT2D eigenvalue weighted by atomic mass is 10.1. The SMILES string of the molecule is CC(C)(C)OC(=O)NCC(=O)N1CCN(C(=O)c2ccccc2F)CC1. The molecule has 1 aliphatic rings. The van der Waals surface area contributed by atoms with Crippen molar-refractivity contribution in [1.29, 1.82) is 0 Å². The zero-order valence-corrected chi connectivity index (χ0v) is 15.3. The van der Waals surface area contributed by atoms with E-state index in [0.717, 1.165) is 0 Å². The summed E-state index contributed by atoms with van der Waals surface area (Å²) in [5.74, 6) is -1.20. The Kier molecular flexibility index (Phi) is 6.18. The summed E-state index contributed by atoms with van der Waals surface area (Å²) in [5.41, 5.74) is -0.606. The average Bonchev–Trinajstić information content (AvgIpc) is 2.58. The van der Waals surface area contributed by atoms with Gasteiger partial charge in [-0.15, -0.1) is 0 Å². The van der Waals surface area contributed by atoms with Crippen molar-refractivity contribution in [2.24, 2.45) is 0 Å². The molecule has 8 heteroatoms. The van der Waals surface area contributed by atoms with Gasteiger partial charge in [-0.1, -0.05) is 12.1 Å². The number of benzene rings is 1. The number of halogens is 1. The van der Waals surface area contributed by atoms with E-state index in [0.29, 0.717) is 26.2 Å². The molecule has 1 heterocycles. The van der Waals surface area contributed by atoms with Gasteiger partial charge in [-0.25, -0.2) is 9.18 Å². The number of hydrogen-bond acceptors (Lipinski definition) is 4. The van der Waals surface area contributed by atoms with Gasteiger partial charge in [-0.2, -0.15) is 0 Å². The van der Waals surface area contributed by atoms with Crippen LogP contribution in [-0.2, 0) is 9.53 Å². The highest BCUT2D eigenvalue weighted by Crippen LogP contribution is 2.12. The molecule has 1 aromatic carbocycles. The molecule has 0 bridgehead atoms. The summed E-state index contributed by atoms with van der Waals surface area (Å²) >= 11 is 0. The lowest BCUT2D eigenvalue weighted by Crippen LogP contribution is -2.52. The number of rotatable bonds is 3. The number of amides is 3. The molecule has 1 fully saturated rings. The number of ether oxygens (including phenoxy) is 1. The van der Waals surface area contributed by atoms with Crippen molar-refractivity contribution in [3.8, 4) is 0 Å².